The summed E-state index contributed by atoms with van der Waals surface area (Å²) >= 11 is 0. The quantitative estimate of drug-likeness (QED) is 0.881. The van der Waals surface area contributed by atoms with E-state index >= 15 is 0 Å². The Morgan fingerprint density at radius 2 is 2.11 bits per heavy atom. The lowest BCUT2D eigenvalue weighted by atomic mass is 9.94. The lowest BCUT2D eigenvalue weighted by Gasteiger charge is -2.24. The number of nitrogens with zero attached hydrogens (tertiary/aromatic N) is 3. The van der Waals surface area contributed by atoms with Gasteiger partial charge >= 0.3 is 0 Å². The maximum Gasteiger partial charge on any atom is 0.155 e. The van der Waals surface area contributed by atoms with Crippen LogP contribution < -0.4 is 5.32 Å². The Morgan fingerprint density at radius 1 is 1.33 bits per heavy atom. The molecule has 1 N–H and O–H groups in total. The number of rotatable bonds is 5. The summed E-state index contributed by atoms with van der Waals surface area (Å²) in [6, 6.07) is 4.76. The summed E-state index contributed by atoms with van der Waals surface area (Å²) in [5.41, 5.74) is 3.40. The summed E-state index contributed by atoms with van der Waals surface area (Å²) in [5, 5.41) is 7.88. The van der Waals surface area contributed by atoms with Gasteiger partial charge < -0.3 is 5.32 Å². The molecular weight excluding hydrogens is 224 g/mol. The van der Waals surface area contributed by atoms with Gasteiger partial charge in [0, 0.05) is 17.7 Å². The van der Waals surface area contributed by atoms with Crippen LogP contribution in [0.3, 0.4) is 0 Å². The topological polar surface area (TPSA) is 42.2 Å². The van der Waals surface area contributed by atoms with Crippen molar-refractivity contribution in [2.45, 2.75) is 46.1 Å². The van der Waals surface area contributed by atoms with Gasteiger partial charge in [-0.05, 0) is 37.6 Å². The molecule has 4 nitrogen and oxygen atoms in total. The second-order valence-corrected chi connectivity index (χ2v) is 4.85. The summed E-state index contributed by atoms with van der Waals surface area (Å²) in [6.45, 7) is 9.73. The Labute approximate surface area is 108 Å². The van der Waals surface area contributed by atoms with E-state index in [1.165, 1.54) is 11.3 Å². The van der Waals surface area contributed by atoms with E-state index in [9.17, 15) is 0 Å². The van der Waals surface area contributed by atoms with Crippen LogP contribution in [0, 0.1) is 6.92 Å². The van der Waals surface area contributed by atoms with E-state index in [0.717, 1.165) is 18.6 Å². The van der Waals surface area contributed by atoms with Crippen LogP contribution in [0.1, 0.15) is 44.4 Å². The van der Waals surface area contributed by atoms with Crippen molar-refractivity contribution < 1.29 is 0 Å². The Hall–Kier alpha value is -1.42. The van der Waals surface area contributed by atoms with Gasteiger partial charge in [0.2, 0.25) is 0 Å². The van der Waals surface area contributed by atoms with E-state index in [-0.39, 0.29) is 0 Å². The predicted molar refractivity (Wildman–Crippen MR) is 73.9 cm³/mol. The number of hydrogen-bond donors (Lipinski definition) is 1. The highest BCUT2D eigenvalue weighted by Crippen LogP contribution is 2.22. The minimum atomic E-state index is 0.416. The second-order valence-electron chi connectivity index (χ2n) is 4.85. The van der Waals surface area contributed by atoms with Crippen molar-refractivity contribution >= 4 is 5.65 Å². The van der Waals surface area contributed by atoms with Crippen molar-refractivity contribution in [1.29, 1.82) is 0 Å². The summed E-state index contributed by atoms with van der Waals surface area (Å²) in [7, 11) is 0. The Bertz CT molecular complexity index is 517. The molecule has 2 aromatic rings. The van der Waals surface area contributed by atoms with Crippen LogP contribution in [-0.2, 0) is 0 Å². The number of fused-ring (bicyclic) bond motifs is 1. The van der Waals surface area contributed by atoms with Crippen LogP contribution in [0.5, 0.6) is 0 Å². The highest BCUT2D eigenvalue weighted by molar-refractivity contribution is 5.42. The first-order chi connectivity index (χ1) is 8.67. The molecule has 2 heterocycles. The molecule has 4 heteroatoms. The number of likely N-dealkylation sites (N-methyl/N-ethyl adjacent to an activating group) is 1. The van der Waals surface area contributed by atoms with Crippen molar-refractivity contribution in [3.8, 4) is 0 Å². The van der Waals surface area contributed by atoms with Gasteiger partial charge in [0.1, 0.15) is 6.33 Å². The average Bonchev–Trinajstić information content (AvgIpc) is 2.82. The van der Waals surface area contributed by atoms with Gasteiger partial charge in [-0.3, -0.25) is 0 Å². The first-order valence-electron chi connectivity index (χ1n) is 6.71. The highest BCUT2D eigenvalue weighted by Gasteiger charge is 2.19. The summed E-state index contributed by atoms with van der Waals surface area (Å²) < 4.78 is 1.96. The van der Waals surface area contributed by atoms with Gasteiger partial charge in [0.25, 0.3) is 0 Å². The average molecular weight is 246 g/mol. The summed E-state index contributed by atoms with van der Waals surface area (Å²) in [6.07, 6.45) is 2.73. The van der Waals surface area contributed by atoms with Gasteiger partial charge in [0.05, 0.1) is 0 Å². The first kappa shape index (κ1) is 13.0. The van der Waals surface area contributed by atoms with E-state index in [1.807, 2.05) is 4.52 Å². The molecule has 2 atom stereocenters. The molecule has 0 bridgehead atoms. The summed E-state index contributed by atoms with van der Waals surface area (Å²) in [4.78, 5) is 4.29. The van der Waals surface area contributed by atoms with Crippen molar-refractivity contribution in [2.75, 3.05) is 6.54 Å². The van der Waals surface area contributed by atoms with Crippen LogP contribution in [0.4, 0.5) is 0 Å². The molecule has 18 heavy (non-hydrogen) atoms. The highest BCUT2D eigenvalue weighted by atomic mass is 15.3. The molecule has 0 aliphatic carbocycles. The SMILES string of the molecule is CCNC(CC)C(C)c1cc(C)cc2ncnn12. The monoisotopic (exact) mass is 246 g/mol. The van der Waals surface area contributed by atoms with Crippen molar-refractivity contribution in [2.24, 2.45) is 0 Å². The number of aromatic nitrogens is 3. The second kappa shape index (κ2) is 5.48. The third kappa shape index (κ3) is 2.38. The van der Waals surface area contributed by atoms with E-state index < -0.39 is 0 Å². The number of hydrogen-bond acceptors (Lipinski definition) is 3. The molecule has 0 radical (unpaired) electrons. The van der Waals surface area contributed by atoms with Crippen molar-refractivity contribution in [3.63, 3.8) is 0 Å². The fourth-order valence-corrected chi connectivity index (χ4v) is 2.55. The van der Waals surface area contributed by atoms with Crippen LogP contribution in [0.25, 0.3) is 5.65 Å². The first-order valence-corrected chi connectivity index (χ1v) is 6.71. The standard InChI is InChI=1S/C14H22N4/c1-5-12(15-6-2)11(4)13-7-10(3)8-14-16-9-17-18(13)14/h7-9,11-12,15H,5-6H2,1-4H3. The molecule has 0 saturated carbocycles. The molecule has 98 valence electrons. The molecule has 0 aliphatic rings. The van der Waals surface area contributed by atoms with E-state index in [2.05, 4.69) is 55.2 Å². The van der Waals surface area contributed by atoms with Gasteiger partial charge in [-0.1, -0.05) is 20.8 Å². The predicted octanol–water partition coefficient (Wildman–Crippen LogP) is 2.53. The van der Waals surface area contributed by atoms with Gasteiger partial charge in [-0.2, -0.15) is 5.10 Å². The maximum absolute atomic E-state index is 4.34. The summed E-state index contributed by atoms with van der Waals surface area (Å²) in [5.74, 6) is 0.416. The molecular formula is C14H22N4. The fourth-order valence-electron chi connectivity index (χ4n) is 2.55. The van der Waals surface area contributed by atoms with Crippen molar-refractivity contribution in [3.05, 3.63) is 29.7 Å². The number of nitrogens with one attached hydrogen (secondary N) is 1. The number of pyridine rings is 1. The van der Waals surface area contributed by atoms with E-state index in [0.29, 0.717) is 12.0 Å². The third-order valence-electron chi connectivity index (χ3n) is 3.53. The van der Waals surface area contributed by atoms with Crippen LogP contribution in [-0.4, -0.2) is 27.2 Å². The van der Waals surface area contributed by atoms with Crippen LogP contribution >= 0.6 is 0 Å². The molecule has 2 unspecified atom stereocenters. The molecule has 2 aromatic heterocycles. The molecule has 0 fully saturated rings. The molecule has 0 spiro atoms. The molecule has 0 aliphatic heterocycles. The lowest BCUT2D eigenvalue weighted by Crippen LogP contribution is -2.33. The molecule has 0 amide bonds. The Morgan fingerprint density at radius 3 is 2.78 bits per heavy atom. The van der Waals surface area contributed by atoms with Crippen molar-refractivity contribution in [1.82, 2.24) is 19.9 Å². The molecule has 2 rings (SSSR count). The molecule has 0 saturated heterocycles. The zero-order valence-electron chi connectivity index (χ0n) is 11.6. The maximum atomic E-state index is 4.34. The minimum absolute atomic E-state index is 0.416. The van der Waals surface area contributed by atoms with Crippen LogP contribution in [0.2, 0.25) is 0 Å². The largest absolute Gasteiger partial charge is 0.314 e. The van der Waals surface area contributed by atoms with E-state index in [1.54, 1.807) is 6.33 Å². The smallest absolute Gasteiger partial charge is 0.155 e. The minimum Gasteiger partial charge on any atom is -0.314 e. The number of aryl methyl sites for hydroxylation is 1. The van der Waals surface area contributed by atoms with Gasteiger partial charge in [0.15, 0.2) is 5.65 Å². The van der Waals surface area contributed by atoms with Crippen LogP contribution in [0.15, 0.2) is 18.5 Å². The lowest BCUT2D eigenvalue weighted by molar-refractivity contribution is 0.437. The van der Waals surface area contributed by atoms with Gasteiger partial charge in [-0.15, -0.1) is 0 Å². The molecule has 0 aromatic carbocycles. The van der Waals surface area contributed by atoms with E-state index in [4.69, 9.17) is 0 Å². The zero-order chi connectivity index (χ0) is 13.1. The normalized spacial score (nSPS) is 14.9. The van der Waals surface area contributed by atoms with Gasteiger partial charge in [-0.25, -0.2) is 9.50 Å². The zero-order valence-corrected chi connectivity index (χ0v) is 11.6. The Balaban J connectivity index is 2.42. The fraction of sp³-hybridized carbons (Fsp3) is 0.571. The third-order valence-corrected chi connectivity index (χ3v) is 3.53. The Kier molecular flexibility index (Phi) is 3.97.